The first kappa shape index (κ1) is 36.4. The lowest BCUT2D eigenvalue weighted by Crippen LogP contribution is -2.36. The number of nitrogens with zero attached hydrogens (tertiary/aromatic N) is 2. The Labute approximate surface area is 284 Å². The van der Waals surface area contributed by atoms with Crippen LogP contribution in [0.1, 0.15) is 55.5 Å². The van der Waals surface area contributed by atoms with Crippen LogP contribution in [0.25, 0.3) is 16.5 Å². The maximum absolute atomic E-state index is 13.6. The first-order valence-corrected chi connectivity index (χ1v) is 15.5. The fourth-order valence-electron chi connectivity index (χ4n) is 6.00. The van der Waals surface area contributed by atoms with E-state index in [1.54, 1.807) is 46.0 Å². The molecule has 0 radical (unpaired) electrons. The number of ether oxygens (including phenoxy) is 2. The predicted molar refractivity (Wildman–Crippen MR) is 174 cm³/mol. The second-order valence-corrected chi connectivity index (χ2v) is 13.0. The Morgan fingerprint density at radius 3 is 2.30 bits per heavy atom. The van der Waals surface area contributed by atoms with Gasteiger partial charge < -0.3 is 19.5 Å². The molecule has 0 fully saturated rings. The van der Waals surface area contributed by atoms with E-state index in [4.69, 9.17) is 9.47 Å². The smallest absolute Gasteiger partial charge is 0.416 e. The minimum Gasteiger partial charge on any atom is -0.493 e. The van der Waals surface area contributed by atoms with E-state index in [9.17, 15) is 41.0 Å². The van der Waals surface area contributed by atoms with Crippen LogP contribution >= 0.6 is 0 Å². The molecule has 0 aliphatic carbocycles. The van der Waals surface area contributed by atoms with Crippen LogP contribution in [0.3, 0.4) is 0 Å². The van der Waals surface area contributed by atoms with Crippen molar-refractivity contribution in [3.05, 3.63) is 112 Å². The zero-order valence-corrected chi connectivity index (χ0v) is 27.6. The SMILES string of the molecule is C=C1/C=C\C(=O)N(Cc2cc(C(F)(F)F)cc(C(F)(F)F)c2)C/C=C(C)\C([C@H](OC(C)(C)C)C(=O)O)=C/1c1ccc2c3c(ccnc13)CCO2. The summed E-state index contributed by atoms with van der Waals surface area (Å²) in [6.45, 7) is 10.4. The Bertz CT molecular complexity index is 1920. The zero-order chi connectivity index (χ0) is 36.8. The van der Waals surface area contributed by atoms with Gasteiger partial charge in [-0.05, 0) is 98.0 Å². The number of aromatic nitrogens is 1. The number of aliphatic carboxylic acids is 1. The molecule has 3 heterocycles. The topological polar surface area (TPSA) is 89.0 Å². The summed E-state index contributed by atoms with van der Waals surface area (Å²) in [4.78, 5) is 32.1. The molecule has 0 saturated heterocycles. The summed E-state index contributed by atoms with van der Waals surface area (Å²) in [6.07, 6.45) is -5.55. The number of alkyl halides is 6. The van der Waals surface area contributed by atoms with Gasteiger partial charge in [0.2, 0.25) is 5.91 Å². The lowest BCUT2D eigenvalue weighted by Gasteiger charge is -2.31. The Hall–Kier alpha value is -4.91. The maximum atomic E-state index is 13.6. The average Bonchev–Trinajstić information content (AvgIpc) is 3.02. The number of pyridine rings is 1. The molecule has 2 aliphatic rings. The van der Waals surface area contributed by atoms with Gasteiger partial charge in [0.05, 0.1) is 28.9 Å². The van der Waals surface area contributed by atoms with Crippen LogP contribution in [0.15, 0.2) is 84.1 Å². The molecule has 0 saturated carbocycles. The molecule has 7 nitrogen and oxygen atoms in total. The number of carboxylic acid groups (broad SMARTS) is 1. The average molecular weight is 701 g/mol. The number of hydrogen-bond donors (Lipinski definition) is 1. The van der Waals surface area contributed by atoms with Gasteiger partial charge in [-0.15, -0.1) is 0 Å². The number of hydrogen-bond acceptors (Lipinski definition) is 5. The Morgan fingerprint density at radius 2 is 1.70 bits per heavy atom. The van der Waals surface area contributed by atoms with Gasteiger partial charge in [0.25, 0.3) is 0 Å². The van der Waals surface area contributed by atoms with Crippen molar-refractivity contribution >= 4 is 28.4 Å². The van der Waals surface area contributed by atoms with Gasteiger partial charge in [0.15, 0.2) is 6.10 Å². The number of amides is 1. The molecule has 0 spiro atoms. The summed E-state index contributed by atoms with van der Waals surface area (Å²) in [5, 5.41) is 11.3. The summed E-state index contributed by atoms with van der Waals surface area (Å²) in [5.41, 5.74) is -1.40. The van der Waals surface area contributed by atoms with Crippen molar-refractivity contribution in [3.63, 3.8) is 0 Å². The normalized spacial score (nSPS) is 19.9. The molecular formula is C37H34F6N2O5. The summed E-state index contributed by atoms with van der Waals surface area (Å²) in [7, 11) is 0. The van der Waals surface area contributed by atoms with Gasteiger partial charge in [-0.2, -0.15) is 26.3 Å². The summed E-state index contributed by atoms with van der Waals surface area (Å²) >= 11 is 0. The van der Waals surface area contributed by atoms with E-state index in [0.717, 1.165) is 21.9 Å². The molecular weight excluding hydrogens is 666 g/mol. The molecule has 264 valence electrons. The van der Waals surface area contributed by atoms with E-state index in [-0.39, 0.29) is 23.8 Å². The number of allylic oxidation sites excluding steroid dienone is 3. The standard InChI is InChI=1S/C37H34F6N2O5/c1-20-6-9-28(46)45(19-22-16-24(36(38,39)40)18-25(17-22)37(41,42)43)14-11-21(2)30(33(34(47)48)50-35(3,4)5)29(20)26-7-8-27-31-23(12-15-49-27)10-13-44-32(26)31/h6-11,13,16-18,33H,1,12,14-15,19H2,2-5H3,(H,47,48)/b9-6-,21-11-,30-29-/t33-/m0/s1. The van der Waals surface area contributed by atoms with Gasteiger partial charge in [-0.3, -0.25) is 9.78 Å². The van der Waals surface area contributed by atoms with Crippen molar-refractivity contribution in [2.24, 2.45) is 0 Å². The van der Waals surface area contributed by atoms with Crippen LogP contribution in [0, 0.1) is 0 Å². The third-order valence-corrected chi connectivity index (χ3v) is 8.19. The van der Waals surface area contributed by atoms with Crippen LogP contribution in [0.4, 0.5) is 26.3 Å². The molecule has 1 amide bonds. The van der Waals surface area contributed by atoms with Crippen LogP contribution in [0.2, 0.25) is 0 Å². The third kappa shape index (κ3) is 7.77. The highest BCUT2D eigenvalue weighted by Gasteiger charge is 2.38. The first-order valence-electron chi connectivity index (χ1n) is 15.5. The van der Waals surface area contributed by atoms with Gasteiger partial charge in [0, 0.05) is 48.3 Å². The van der Waals surface area contributed by atoms with Crippen molar-refractivity contribution in [2.75, 3.05) is 13.2 Å². The Kier molecular flexibility index (Phi) is 9.77. The van der Waals surface area contributed by atoms with Crippen molar-refractivity contribution in [2.45, 2.75) is 64.7 Å². The van der Waals surface area contributed by atoms with E-state index in [2.05, 4.69) is 11.6 Å². The highest BCUT2D eigenvalue weighted by Crippen LogP contribution is 2.42. The van der Waals surface area contributed by atoms with Crippen molar-refractivity contribution in [3.8, 4) is 5.75 Å². The molecule has 2 aromatic carbocycles. The second-order valence-electron chi connectivity index (χ2n) is 13.0. The lowest BCUT2D eigenvalue weighted by molar-refractivity contribution is -0.155. The molecule has 1 N–H and O–H groups in total. The van der Waals surface area contributed by atoms with Gasteiger partial charge >= 0.3 is 18.3 Å². The van der Waals surface area contributed by atoms with E-state index >= 15 is 0 Å². The zero-order valence-electron chi connectivity index (χ0n) is 27.6. The number of carbonyl (C=O) groups excluding carboxylic acids is 1. The predicted octanol–water partition coefficient (Wildman–Crippen LogP) is 8.33. The molecule has 1 aromatic heterocycles. The van der Waals surface area contributed by atoms with Crippen LogP contribution in [0.5, 0.6) is 5.75 Å². The Balaban J connectivity index is 1.71. The number of benzene rings is 2. The largest absolute Gasteiger partial charge is 0.493 e. The van der Waals surface area contributed by atoms with E-state index in [1.807, 2.05) is 6.07 Å². The van der Waals surface area contributed by atoms with Crippen LogP contribution in [-0.2, 0) is 39.6 Å². The molecule has 5 rings (SSSR count). The van der Waals surface area contributed by atoms with E-state index in [0.29, 0.717) is 53.1 Å². The summed E-state index contributed by atoms with van der Waals surface area (Å²) in [5.74, 6) is -1.46. The van der Waals surface area contributed by atoms with Gasteiger partial charge in [-0.1, -0.05) is 12.7 Å². The molecule has 2 aliphatic heterocycles. The van der Waals surface area contributed by atoms with Crippen LogP contribution < -0.4 is 4.74 Å². The quantitative estimate of drug-likeness (QED) is 0.260. The van der Waals surface area contributed by atoms with Gasteiger partial charge in [0.1, 0.15) is 5.75 Å². The number of carboxylic acids is 1. The lowest BCUT2D eigenvalue weighted by atomic mass is 9.84. The minimum atomic E-state index is -5.07. The maximum Gasteiger partial charge on any atom is 0.416 e. The molecule has 1 atom stereocenters. The molecule has 0 unspecified atom stereocenters. The van der Waals surface area contributed by atoms with Crippen molar-refractivity contribution in [1.29, 1.82) is 0 Å². The van der Waals surface area contributed by atoms with Crippen molar-refractivity contribution in [1.82, 2.24) is 9.88 Å². The first-order chi connectivity index (χ1) is 23.2. The molecule has 0 bridgehead atoms. The molecule has 3 aromatic rings. The number of rotatable bonds is 6. The fourth-order valence-corrected chi connectivity index (χ4v) is 6.00. The van der Waals surface area contributed by atoms with E-state index < -0.39 is 59.2 Å². The van der Waals surface area contributed by atoms with Crippen molar-refractivity contribution < 1.29 is 50.5 Å². The summed E-state index contributed by atoms with van der Waals surface area (Å²) in [6, 6.07) is 6.50. The van der Waals surface area contributed by atoms with Crippen LogP contribution in [-0.4, -0.2) is 51.7 Å². The molecule has 50 heavy (non-hydrogen) atoms. The minimum absolute atomic E-state index is 0.0186. The summed E-state index contributed by atoms with van der Waals surface area (Å²) < 4.78 is 93.5. The molecule has 13 heteroatoms. The van der Waals surface area contributed by atoms with Gasteiger partial charge in [-0.25, -0.2) is 4.79 Å². The third-order valence-electron chi connectivity index (χ3n) is 8.19. The van der Waals surface area contributed by atoms with E-state index in [1.165, 1.54) is 12.2 Å². The monoisotopic (exact) mass is 700 g/mol. The highest BCUT2D eigenvalue weighted by molar-refractivity contribution is 6.03. The Morgan fingerprint density at radius 1 is 1.04 bits per heavy atom. The fraction of sp³-hybridized carbons (Fsp3) is 0.324. The number of carbonyl (C=O) groups is 2. The second kappa shape index (κ2) is 13.4. The highest BCUT2D eigenvalue weighted by atomic mass is 19.4. The number of halogens is 6.